The Morgan fingerprint density at radius 3 is 2.30 bits per heavy atom. The number of hydrogen-bond donors (Lipinski definition) is 0. The van der Waals surface area contributed by atoms with Crippen LogP contribution in [0.1, 0.15) is 19.8 Å². The Balaban J connectivity index is 3.67. The minimum atomic E-state index is -2.49. The van der Waals surface area contributed by atoms with Gasteiger partial charge in [-0.1, -0.05) is 6.58 Å². The molecule has 0 fully saturated rings. The zero-order valence-electron chi connectivity index (χ0n) is 12.8. The zero-order valence-corrected chi connectivity index (χ0v) is 13.8. The van der Waals surface area contributed by atoms with Crippen LogP contribution in [0.3, 0.4) is 0 Å². The fourth-order valence-electron chi connectivity index (χ4n) is 1.60. The second kappa shape index (κ2) is 11.0. The first-order valence-electron chi connectivity index (χ1n) is 6.59. The van der Waals surface area contributed by atoms with E-state index in [1.54, 1.807) is 21.3 Å². The third-order valence-corrected chi connectivity index (χ3v) is 5.69. The first-order valence-corrected chi connectivity index (χ1v) is 8.53. The van der Waals surface area contributed by atoms with Crippen LogP contribution in [-0.2, 0) is 27.5 Å². The normalized spacial score (nSPS) is 13.0. The number of carbonyl (C=O) groups is 1. The first kappa shape index (κ1) is 19.3. The smallest absolute Gasteiger partial charge is 0.459 e. The van der Waals surface area contributed by atoms with Crippen molar-refractivity contribution in [1.82, 2.24) is 0 Å². The van der Waals surface area contributed by atoms with E-state index in [1.165, 1.54) is 0 Å². The number of ether oxygens (including phenoxy) is 2. The van der Waals surface area contributed by atoms with Crippen molar-refractivity contribution in [2.45, 2.75) is 31.9 Å². The number of esters is 1. The van der Waals surface area contributed by atoms with Crippen LogP contribution in [0.25, 0.3) is 0 Å². The maximum Gasteiger partial charge on any atom is 0.500 e. The summed E-state index contributed by atoms with van der Waals surface area (Å²) < 4.78 is 26.4. The van der Waals surface area contributed by atoms with Crippen LogP contribution in [0.5, 0.6) is 0 Å². The van der Waals surface area contributed by atoms with Gasteiger partial charge in [0.05, 0.1) is 6.61 Å². The van der Waals surface area contributed by atoms with E-state index in [0.29, 0.717) is 25.7 Å². The van der Waals surface area contributed by atoms with Gasteiger partial charge in [0.1, 0.15) is 6.10 Å². The lowest BCUT2D eigenvalue weighted by Gasteiger charge is -2.24. The first-order chi connectivity index (χ1) is 9.53. The maximum atomic E-state index is 10.9. The highest BCUT2D eigenvalue weighted by Gasteiger charge is 2.36. The molecule has 0 saturated carbocycles. The second-order valence-corrected chi connectivity index (χ2v) is 7.34. The van der Waals surface area contributed by atoms with Crippen LogP contribution in [-0.4, -0.2) is 55.4 Å². The highest BCUT2D eigenvalue weighted by atomic mass is 28.4. The molecule has 0 radical (unpaired) electrons. The van der Waals surface area contributed by atoms with Crippen LogP contribution < -0.4 is 0 Å². The third-order valence-electron chi connectivity index (χ3n) is 2.86. The fraction of sp³-hybridized carbons (Fsp3) is 0.769. The van der Waals surface area contributed by atoms with E-state index in [-0.39, 0.29) is 6.10 Å². The van der Waals surface area contributed by atoms with E-state index in [4.69, 9.17) is 22.8 Å². The van der Waals surface area contributed by atoms with Crippen LogP contribution in [0.15, 0.2) is 12.7 Å². The summed E-state index contributed by atoms with van der Waals surface area (Å²) in [5.41, 5.74) is 0. The largest absolute Gasteiger partial charge is 0.500 e. The molecule has 0 amide bonds. The number of carbonyl (C=O) groups excluding carboxylic acids is 1. The molecule has 0 N–H and O–H groups in total. The molecule has 1 atom stereocenters. The minimum Gasteiger partial charge on any atom is -0.459 e. The molecule has 0 rings (SSSR count). The molecule has 0 spiro atoms. The fourth-order valence-corrected chi connectivity index (χ4v) is 3.29. The van der Waals surface area contributed by atoms with E-state index < -0.39 is 14.8 Å². The lowest BCUT2D eigenvalue weighted by atomic mass is 10.3. The molecule has 0 aliphatic carbocycles. The van der Waals surface area contributed by atoms with Crippen molar-refractivity contribution >= 4 is 14.8 Å². The predicted octanol–water partition coefficient (Wildman–Crippen LogP) is 1.78. The molecule has 0 aromatic rings. The molecule has 6 nitrogen and oxygen atoms in total. The summed E-state index contributed by atoms with van der Waals surface area (Å²) in [6.07, 6.45) is 2.43. The quantitative estimate of drug-likeness (QED) is 0.237. The van der Waals surface area contributed by atoms with Crippen LogP contribution in [0.2, 0.25) is 6.04 Å². The van der Waals surface area contributed by atoms with Gasteiger partial charge in [-0.15, -0.1) is 0 Å². The van der Waals surface area contributed by atoms with E-state index >= 15 is 0 Å². The lowest BCUT2D eigenvalue weighted by molar-refractivity contribution is -0.142. The van der Waals surface area contributed by atoms with Gasteiger partial charge in [0.2, 0.25) is 0 Å². The highest BCUT2D eigenvalue weighted by Crippen LogP contribution is 2.14. The average Bonchev–Trinajstić information content (AvgIpc) is 2.47. The molecular weight excluding hydrogens is 280 g/mol. The monoisotopic (exact) mass is 306 g/mol. The molecule has 118 valence electrons. The van der Waals surface area contributed by atoms with Crippen molar-refractivity contribution in [1.29, 1.82) is 0 Å². The molecule has 20 heavy (non-hydrogen) atoms. The van der Waals surface area contributed by atoms with E-state index in [0.717, 1.165) is 12.5 Å². The Morgan fingerprint density at radius 2 is 1.80 bits per heavy atom. The zero-order chi connectivity index (χ0) is 15.4. The summed E-state index contributed by atoms with van der Waals surface area (Å²) in [5, 5.41) is 0. The van der Waals surface area contributed by atoms with Crippen molar-refractivity contribution in [2.75, 3.05) is 34.5 Å². The molecule has 0 aromatic heterocycles. The van der Waals surface area contributed by atoms with Crippen molar-refractivity contribution in [3.63, 3.8) is 0 Å². The molecule has 0 aromatic carbocycles. The summed E-state index contributed by atoms with van der Waals surface area (Å²) in [6, 6.07) is 0.706. The molecule has 0 bridgehead atoms. The van der Waals surface area contributed by atoms with Gasteiger partial charge in [0, 0.05) is 46.5 Å². The van der Waals surface area contributed by atoms with Gasteiger partial charge in [-0.05, 0) is 13.3 Å². The summed E-state index contributed by atoms with van der Waals surface area (Å²) >= 11 is 0. The summed E-state index contributed by atoms with van der Waals surface area (Å²) in [7, 11) is 2.29. The molecule has 1 unspecified atom stereocenters. The topological polar surface area (TPSA) is 63.2 Å². The molecule has 0 saturated heterocycles. The van der Waals surface area contributed by atoms with E-state index in [2.05, 4.69) is 6.58 Å². The lowest BCUT2D eigenvalue weighted by Crippen LogP contribution is -2.42. The van der Waals surface area contributed by atoms with Gasteiger partial charge in [-0.2, -0.15) is 0 Å². The summed E-state index contributed by atoms with van der Waals surface area (Å²) in [6.45, 7) is 6.29. The minimum absolute atomic E-state index is 0.175. The van der Waals surface area contributed by atoms with Crippen LogP contribution >= 0.6 is 0 Å². The van der Waals surface area contributed by atoms with Gasteiger partial charge in [0.15, 0.2) is 0 Å². The Bertz CT molecular complexity index is 272. The molecule has 7 heteroatoms. The van der Waals surface area contributed by atoms with Crippen LogP contribution in [0, 0.1) is 0 Å². The van der Waals surface area contributed by atoms with Crippen LogP contribution in [0.4, 0.5) is 0 Å². The number of rotatable bonds is 12. The van der Waals surface area contributed by atoms with Gasteiger partial charge >= 0.3 is 14.8 Å². The molecule has 0 heterocycles. The second-order valence-electron chi connectivity index (χ2n) is 4.25. The van der Waals surface area contributed by atoms with Crippen molar-refractivity contribution in [3.8, 4) is 0 Å². The van der Waals surface area contributed by atoms with Gasteiger partial charge in [0.25, 0.3) is 0 Å². The maximum absolute atomic E-state index is 10.9. The summed E-state index contributed by atoms with van der Waals surface area (Å²) in [5.74, 6) is -0.409. The highest BCUT2D eigenvalue weighted by molar-refractivity contribution is 6.60. The summed E-state index contributed by atoms with van der Waals surface area (Å²) in [4.78, 5) is 10.9. The average molecular weight is 306 g/mol. The Kier molecular flexibility index (Phi) is 10.6. The standard InChI is InChI=1S/C13H26O6Si/c1-6-13(14)19-12(2)8-10-18-9-7-11-20(15-3,16-4)17-5/h6,12H,1,7-11H2,2-5H3. The van der Waals surface area contributed by atoms with Crippen molar-refractivity contribution < 1.29 is 27.5 Å². The van der Waals surface area contributed by atoms with E-state index in [9.17, 15) is 4.79 Å². The van der Waals surface area contributed by atoms with Gasteiger partial charge in [-0.3, -0.25) is 0 Å². The Morgan fingerprint density at radius 1 is 1.20 bits per heavy atom. The molecular formula is C13H26O6Si. The van der Waals surface area contributed by atoms with E-state index in [1.807, 2.05) is 6.92 Å². The van der Waals surface area contributed by atoms with Gasteiger partial charge < -0.3 is 22.8 Å². The molecule has 0 aliphatic heterocycles. The van der Waals surface area contributed by atoms with Crippen molar-refractivity contribution in [3.05, 3.63) is 12.7 Å². The third kappa shape index (κ3) is 7.76. The molecule has 0 aliphatic rings. The Hall–Kier alpha value is -0.733. The SMILES string of the molecule is C=CC(=O)OC(C)CCOCCC[Si](OC)(OC)OC. The van der Waals surface area contributed by atoms with Gasteiger partial charge in [-0.25, -0.2) is 4.79 Å². The Labute approximate surface area is 122 Å². The van der Waals surface area contributed by atoms with Crippen molar-refractivity contribution in [2.24, 2.45) is 0 Å². The number of hydrogen-bond acceptors (Lipinski definition) is 6. The predicted molar refractivity (Wildman–Crippen MR) is 77.4 cm³/mol.